The lowest BCUT2D eigenvalue weighted by Crippen LogP contribution is -2.26. The van der Waals surface area contributed by atoms with Gasteiger partial charge in [-0.05, 0) is 24.6 Å². The minimum absolute atomic E-state index is 0.00974. The van der Waals surface area contributed by atoms with Crippen molar-refractivity contribution in [3.8, 4) is 22.5 Å². The molecule has 1 amide bonds. The van der Waals surface area contributed by atoms with E-state index in [4.69, 9.17) is 4.98 Å². The first-order valence-electron chi connectivity index (χ1n) is 11.4. The van der Waals surface area contributed by atoms with E-state index in [1.807, 2.05) is 60.7 Å². The van der Waals surface area contributed by atoms with Gasteiger partial charge in [0.1, 0.15) is 0 Å². The van der Waals surface area contributed by atoms with Crippen molar-refractivity contribution >= 4 is 17.7 Å². The number of carbonyl (C=O) groups is 1. The van der Waals surface area contributed by atoms with Crippen LogP contribution in [0.4, 0.5) is 26.3 Å². The highest BCUT2D eigenvalue weighted by Gasteiger charge is 2.37. The van der Waals surface area contributed by atoms with E-state index in [1.165, 1.54) is 11.8 Å². The quantitative estimate of drug-likeness (QED) is 0.135. The number of H-pyrrole nitrogens is 1. The van der Waals surface area contributed by atoms with Gasteiger partial charge in [-0.15, -0.1) is 0 Å². The van der Waals surface area contributed by atoms with E-state index in [1.54, 1.807) is 0 Å². The Bertz CT molecular complexity index is 1300. The highest BCUT2D eigenvalue weighted by molar-refractivity contribution is 7.99. The van der Waals surface area contributed by atoms with E-state index in [9.17, 15) is 31.1 Å². The number of imidazole rings is 1. The molecular weight excluding hydrogens is 528 g/mol. The Labute approximate surface area is 218 Å². The third-order valence-electron chi connectivity index (χ3n) is 5.49. The number of nitrogens with one attached hydrogen (secondary N) is 2. The number of aromatic amines is 1. The topological polar surface area (TPSA) is 57.8 Å². The van der Waals surface area contributed by atoms with Crippen LogP contribution in [-0.2, 0) is 12.4 Å². The number of nitrogens with zero attached hydrogens (tertiary/aromatic N) is 1. The molecule has 1 aromatic heterocycles. The van der Waals surface area contributed by atoms with Gasteiger partial charge in [0.15, 0.2) is 5.16 Å². The summed E-state index contributed by atoms with van der Waals surface area (Å²) in [4.78, 5) is 20.4. The monoisotopic (exact) mass is 549 g/mol. The molecule has 0 spiro atoms. The Kier molecular flexibility index (Phi) is 8.15. The van der Waals surface area contributed by atoms with Crippen molar-refractivity contribution in [2.75, 3.05) is 12.3 Å². The Morgan fingerprint density at radius 1 is 0.816 bits per heavy atom. The molecule has 0 saturated carbocycles. The lowest BCUT2D eigenvalue weighted by Gasteiger charge is -2.14. The molecule has 0 bridgehead atoms. The molecule has 1 heterocycles. The van der Waals surface area contributed by atoms with Crippen LogP contribution < -0.4 is 5.32 Å². The summed E-state index contributed by atoms with van der Waals surface area (Å²) < 4.78 is 78.3. The number of benzene rings is 3. The normalized spacial score (nSPS) is 11.9. The molecule has 4 rings (SSSR count). The maximum atomic E-state index is 13.0. The molecule has 38 heavy (non-hydrogen) atoms. The van der Waals surface area contributed by atoms with Crippen molar-refractivity contribution in [1.82, 2.24) is 15.3 Å². The molecule has 3 aromatic carbocycles. The Balaban J connectivity index is 1.39. The second-order valence-corrected chi connectivity index (χ2v) is 9.33. The fourth-order valence-electron chi connectivity index (χ4n) is 3.67. The standard InChI is InChI=1S/C27H21F6N3OS/c28-26(29,30)20-14-19(15-21(16-20)27(31,32)33)24(37)34-12-7-13-38-25-35-22(17-8-3-1-4-9-17)23(36-25)18-10-5-2-6-11-18/h1-6,8-11,14-16H,7,12-13H2,(H,34,37)(H,35,36). The second kappa shape index (κ2) is 11.3. The van der Waals surface area contributed by atoms with Crippen LogP contribution in [0.2, 0.25) is 0 Å². The van der Waals surface area contributed by atoms with Crippen LogP contribution in [0.5, 0.6) is 0 Å². The molecule has 4 aromatic rings. The summed E-state index contributed by atoms with van der Waals surface area (Å²) in [5.41, 5.74) is -0.261. The van der Waals surface area contributed by atoms with Crippen molar-refractivity contribution < 1.29 is 31.1 Å². The number of amides is 1. The van der Waals surface area contributed by atoms with E-state index < -0.39 is 35.0 Å². The summed E-state index contributed by atoms with van der Waals surface area (Å²) in [7, 11) is 0. The molecule has 198 valence electrons. The molecule has 0 radical (unpaired) electrons. The number of halogens is 6. The van der Waals surface area contributed by atoms with E-state index in [0.717, 1.165) is 22.5 Å². The maximum Gasteiger partial charge on any atom is 0.416 e. The number of hydrogen-bond donors (Lipinski definition) is 2. The van der Waals surface area contributed by atoms with Gasteiger partial charge in [0, 0.05) is 29.0 Å². The molecule has 2 N–H and O–H groups in total. The van der Waals surface area contributed by atoms with Crippen molar-refractivity contribution in [3.63, 3.8) is 0 Å². The number of carbonyl (C=O) groups excluding carboxylic acids is 1. The molecule has 0 unspecified atom stereocenters. The number of hydrogen-bond acceptors (Lipinski definition) is 3. The van der Waals surface area contributed by atoms with Crippen LogP contribution in [0.15, 0.2) is 84.0 Å². The maximum absolute atomic E-state index is 13.0. The Morgan fingerprint density at radius 3 is 1.92 bits per heavy atom. The molecule has 11 heteroatoms. The third kappa shape index (κ3) is 6.77. The predicted molar refractivity (Wildman–Crippen MR) is 134 cm³/mol. The zero-order valence-corrected chi connectivity index (χ0v) is 20.5. The van der Waals surface area contributed by atoms with E-state index in [-0.39, 0.29) is 12.6 Å². The van der Waals surface area contributed by atoms with Crippen LogP contribution in [0.25, 0.3) is 22.5 Å². The van der Waals surface area contributed by atoms with Crippen LogP contribution in [0, 0.1) is 0 Å². The first kappa shape index (κ1) is 27.3. The predicted octanol–water partition coefficient (Wildman–Crippen LogP) is 7.69. The number of aromatic nitrogens is 2. The summed E-state index contributed by atoms with van der Waals surface area (Å²) in [5.74, 6) is -0.519. The smallest absolute Gasteiger partial charge is 0.352 e. The molecule has 0 fully saturated rings. The minimum atomic E-state index is -5.02. The van der Waals surface area contributed by atoms with Gasteiger partial charge < -0.3 is 10.3 Å². The average molecular weight is 550 g/mol. The summed E-state index contributed by atoms with van der Waals surface area (Å²) in [6, 6.07) is 20.1. The number of alkyl halides is 6. The number of thioether (sulfide) groups is 1. The fraction of sp³-hybridized carbons (Fsp3) is 0.185. The first-order chi connectivity index (χ1) is 18.0. The highest BCUT2D eigenvalue weighted by Crippen LogP contribution is 2.36. The molecule has 0 aliphatic carbocycles. The molecule has 0 aliphatic rings. The SMILES string of the molecule is O=C(NCCCSc1nc(-c2ccccc2)c(-c2ccccc2)[nH]1)c1cc(C(F)(F)F)cc(C(F)(F)F)c1. The van der Waals surface area contributed by atoms with Crippen molar-refractivity contribution in [2.24, 2.45) is 0 Å². The largest absolute Gasteiger partial charge is 0.416 e. The van der Waals surface area contributed by atoms with Gasteiger partial charge >= 0.3 is 12.4 Å². The Morgan fingerprint density at radius 2 is 1.37 bits per heavy atom. The van der Waals surface area contributed by atoms with E-state index in [0.29, 0.717) is 29.5 Å². The second-order valence-electron chi connectivity index (χ2n) is 8.25. The Hall–Kier alpha value is -3.73. The van der Waals surface area contributed by atoms with Gasteiger partial charge in [-0.3, -0.25) is 4.79 Å². The van der Waals surface area contributed by atoms with Gasteiger partial charge in [-0.1, -0.05) is 72.4 Å². The fourth-order valence-corrected chi connectivity index (χ4v) is 4.48. The summed E-state index contributed by atoms with van der Waals surface area (Å²) in [6.45, 7) is 0.0568. The van der Waals surface area contributed by atoms with Gasteiger partial charge in [0.25, 0.3) is 5.91 Å². The molecular formula is C27H21F6N3OS. The third-order valence-corrected chi connectivity index (χ3v) is 6.45. The minimum Gasteiger partial charge on any atom is -0.352 e. The van der Waals surface area contributed by atoms with Crippen molar-refractivity contribution in [2.45, 2.75) is 23.9 Å². The lowest BCUT2D eigenvalue weighted by molar-refractivity contribution is -0.143. The summed E-state index contributed by atoms with van der Waals surface area (Å²) in [6.07, 6.45) is -9.64. The van der Waals surface area contributed by atoms with Crippen LogP contribution >= 0.6 is 11.8 Å². The lowest BCUT2D eigenvalue weighted by atomic mass is 10.0. The molecule has 0 aliphatic heterocycles. The summed E-state index contributed by atoms with van der Waals surface area (Å²) >= 11 is 1.39. The van der Waals surface area contributed by atoms with Crippen LogP contribution in [0.1, 0.15) is 27.9 Å². The van der Waals surface area contributed by atoms with Crippen molar-refractivity contribution in [1.29, 1.82) is 0 Å². The van der Waals surface area contributed by atoms with Gasteiger partial charge in [0.2, 0.25) is 0 Å². The highest BCUT2D eigenvalue weighted by atomic mass is 32.2. The summed E-state index contributed by atoms with van der Waals surface area (Å²) in [5, 5.41) is 3.03. The van der Waals surface area contributed by atoms with Crippen LogP contribution in [0.3, 0.4) is 0 Å². The van der Waals surface area contributed by atoms with Gasteiger partial charge in [0.05, 0.1) is 22.5 Å². The van der Waals surface area contributed by atoms with E-state index in [2.05, 4.69) is 10.3 Å². The van der Waals surface area contributed by atoms with Crippen molar-refractivity contribution in [3.05, 3.63) is 95.6 Å². The van der Waals surface area contributed by atoms with Gasteiger partial charge in [-0.25, -0.2) is 4.98 Å². The molecule has 4 nitrogen and oxygen atoms in total. The first-order valence-corrected chi connectivity index (χ1v) is 12.4. The van der Waals surface area contributed by atoms with Crippen LogP contribution in [-0.4, -0.2) is 28.2 Å². The zero-order chi connectivity index (χ0) is 27.3. The zero-order valence-electron chi connectivity index (χ0n) is 19.7. The molecule has 0 atom stereocenters. The number of rotatable bonds is 8. The van der Waals surface area contributed by atoms with E-state index >= 15 is 0 Å². The molecule has 0 saturated heterocycles. The average Bonchev–Trinajstić information content (AvgIpc) is 3.32. The van der Waals surface area contributed by atoms with Gasteiger partial charge in [-0.2, -0.15) is 26.3 Å².